The van der Waals surface area contributed by atoms with E-state index in [0.29, 0.717) is 33.9 Å². The lowest BCUT2D eigenvalue weighted by Crippen LogP contribution is -2.42. The van der Waals surface area contributed by atoms with E-state index in [1.807, 2.05) is 36.4 Å². The van der Waals surface area contributed by atoms with Crippen molar-refractivity contribution in [1.29, 1.82) is 0 Å². The number of hydrogen-bond acceptors (Lipinski definition) is 4. The maximum Gasteiger partial charge on any atom is 0.259 e. The number of carbonyl (C=O) groups excluding carboxylic acids is 3. The van der Waals surface area contributed by atoms with Crippen molar-refractivity contribution in [2.24, 2.45) is 0 Å². The Balaban J connectivity index is 1.77. The largest absolute Gasteiger partial charge is 0.497 e. The van der Waals surface area contributed by atoms with Gasteiger partial charge in [-0.1, -0.05) is 36.4 Å². The summed E-state index contributed by atoms with van der Waals surface area (Å²) in [5, 5.41) is 5.53. The number of para-hydroxylation sites is 2. The molecule has 1 aliphatic heterocycles. The summed E-state index contributed by atoms with van der Waals surface area (Å²) in [5.74, 6) is -0.0303. The van der Waals surface area contributed by atoms with E-state index in [-0.39, 0.29) is 24.3 Å². The quantitative estimate of drug-likeness (QED) is 0.459. The van der Waals surface area contributed by atoms with Crippen molar-refractivity contribution < 1.29 is 19.1 Å². The fourth-order valence-electron chi connectivity index (χ4n) is 3.63. The molecule has 3 aromatic carbocycles. The van der Waals surface area contributed by atoms with E-state index in [2.05, 4.69) is 10.6 Å². The fraction of sp³-hybridized carbons (Fsp3) is 0.115. The van der Waals surface area contributed by atoms with E-state index in [9.17, 15) is 14.4 Å². The topological polar surface area (TPSA) is 87.7 Å². The van der Waals surface area contributed by atoms with Crippen molar-refractivity contribution in [1.82, 2.24) is 0 Å². The monoisotopic (exact) mass is 441 g/mol. The van der Waals surface area contributed by atoms with Gasteiger partial charge >= 0.3 is 0 Å². The van der Waals surface area contributed by atoms with E-state index in [1.165, 1.54) is 11.8 Å². The summed E-state index contributed by atoms with van der Waals surface area (Å²) >= 11 is 0. The van der Waals surface area contributed by atoms with Crippen LogP contribution in [-0.4, -0.2) is 31.4 Å². The lowest BCUT2D eigenvalue weighted by molar-refractivity contribution is -0.118. The molecule has 3 amide bonds. The number of amides is 3. The van der Waals surface area contributed by atoms with Crippen molar-refractivity contribution in [3.8, 4) is 5.75 Å². The lowest BCUT2D eigenvalue weighted by Gasteiger charge is -2.30. The summed E-state index contributed by atoms with van der Waals surface area (Å²) in [5.41, 5.74) is 3.74. The number of ether oxygens (including phenoxy) is 1. The van der Waals surface area contributed by atoms with E-state index in [0.717, 1.165) is 5.56 Å². The molecule has 0 saturated heterocycles. The molecule has 1 heterocycles. The molecule has 7 heteroatoms. The maximum absolute atomic E-state index is 13.8. The number of fused-ring (bicyclic) bond motifs is 1. The van der Waals surface area contributed by atoms with Gasteiger partial charge in [0.1, 0.15) is 12.3 Å². The summed E-state index contributed by atoms with van der Waals surface area (Å²) in [7, 11) is 1.59. The van der Waals surface area contributed by atoms with E-state index < -0.39 is 0 Å². The van der Waals surface area contributed by atoms with Gasteiger partial charge in [0.2, 0.25) is 11.8 Å². The first-order chi connectivity index (χ1) is 15.9. The van der Waals surface area contributed by atoms with Gasteiger partial charge < -0.3 is 15.4 Å². The number of benzene rings is 3. The van der Waals surface area contributed by atoms with Crippen LogP contribution >= 0.6 is 0 Å². The van der Waals surface area contributed by atoms with Gasteiger partial charge in [0.05, 0.1) is 18.5 Å². The zero-order valence-electron chi connectivity index (χ0n) is 18.3. The number of rotatable bonds is 5. The van der Waals surface area contributed by atoms with Gasteiger partial charge in [0, 0.05) is 18.2 Å². The number of methoxy groups -OCH3 is 1. The Bertz CT molecular complexity index is 1230. The number of carbonyl (C=O) groups is 3. The van der Waals surface area contributed by atoms with Gasteiger partial charge in [-0.3, -0.25) is 19.3 Å². The second-order valence-corrected chi connectivity index (χ2v) is 7.55. The highest BCUT2D eigenvalue weighted by Crippen LogP contribution is 2.32. The second-order valence-electron chi connectivity index (χ2n) is 7.55. The first kappa shape index (κ1) is 21.8. The minimum Gasteiger partial charge on any atom is -0.497 e. The molecule has 7 nitrogen and oxygen atoms in total. The van der Waals surface area contributed by atoms with Gasteiger partial charge in [-0.25, -0.2) is 0 Å². The molecule has 0 saturated carbocycles. The highest BCUT2D eigenvalue weighted by Gasteiger charge is 2.29. The van der Waals surface area contributed by atoms with Crippen molar-refractivity contribution >= 4 is 46.4 Å². The van der Waals surface area contributed by atoms with Crippen LogP contribution in [0.1, 0.15) is 18.1 Å². The molecule has 0 atom stereocenters. The molecule has 166 valence electrons. The van der Waals surface area contributed by atoms with Crippen LogP contribution in [0.3, 0.4) is 0 Å². The van der Waals surface area contributed by atoms with Crippen molar-refractivity contribution in [3.63, 3.8) is 0 Å². The van der Waals surface area contributed by atoms with Crippen LogP contribution < -0.4 is 20.3 Å². The zero-order valence-corrected chi connectivity index (χ0v) is 18.3. The second kappa shape index (κ2) is 9.40. The third-order valence-corrected chi connectivity index (χ3v) is 5.19. The predicted octanol–water partition coefficient (Wildman–Crippen LogP) is 4.18. The number of anilines is 3. The van der Waals surface area contributed by atoms with Crippen LogP contribution in [0, 0.1) is 0 Å². The van der Waals surface area contributed by atoms with Crippen LogP contribution in [0.4, 0.5) is 17.1 Å². The zero-order chi connectivity index (χ0) is 23.4. The molecule has 0 aliphatic carbocycles. The molecule has 0 fully saturated rings. The molecular formula is C26H23N3O4. The summed E-state index contributed by atoms with van der Waals surface area (Å²) in [6.45, 7) is 1.35. The van der Waals surface area contributed by atoms with Crippen molar-refractivity contribution in [3.05, 3.63) is 83.9 Å². The minimum absolute atomic E-state index is 0.0836. The van der Waals surface area contributed by atoms with Crippen LogP contribution in [0.2, 0.25) is 0 Å². The molecular weight excluding hydrogens is 418 g/mol. The van der Waals surface area contributed by atoms with Crippen LogP contribution in [0.25, 0.3) is 11.6 Å². The molecule has 0 aromatic heterocycles. The fourth-order valence-corrected chi connectivity index (χ4v) is 3.63. The molecule has 0 radical (unpaired) electrons. The van der Waals surface area contributed by atoms with Crippen LogP contribution in [0.5, 0.6) is 5.75 Å². The third-order valence-electron chi connectivity index (χ3n) is 5.19. The molecule has 3 aromatic rings. The summed E-state index contributed by atoms with van der Waals surface area (Å²) in [6.07, 6.45) is 1.78. The predicted molar refractivity (Wildman–Crippen MR) is 129 cm³/mol. The molecule has 2 N–H and O–H groups in total. The first-order valence-electron chi connectivity index (χ1n) is 10.4. The average molecular weight is 441 g/mol. The van der Waals surface area contributed by atoms with Gasteiger partial charge in [-0.05, 0) is 53.6 Å². The smallest absolute Gasteiger partial charge is 0.259 e. The van der Waals surface area contributed by atoms with Crippen molar-refractivity contribution in [2.75, 3.05) is 29.2 Å². The molecule has 0 unspecified atom stereocenters. The molecule has 0 spiro atoms. The van der Waals surface area contributed by atoms with Gasteiger partial charge in [-0.2, -0.15) is 0 Å². The Hall–Kier alpha value is -4.39. The molecule has 1 aliphatic rings. The molecule has 4 rings (SSSR count). The SMILES string of the molecule is COc1ccc(/C=C(/C(=O)N2CC(=O)Nc3ccccc32)c2ccc(NC(C)=O)cc2)cc1. The van der Waals surface area contributed by atoms with Gasteiger partial charge in [0.15, 0.2) is 0 Å². The Morgan fingerprint density at radius 1 is 1.00 bits per heavy atom. The highest BCUT2D eigenvalue weighted by molar-refractivity contribution is 6.32. The summed E-state index contributed by atoms with van der Waals surface area (Å²) < 4.78 is 5.22. The lowest BCUT2D eigenvalue weighted by atomic mass is 10.00. The Labute approximate surface area is 191 Å². The summed E-state index contributed by atoms with van der Waals surface area (Å²) in [4.78, 5) is 38.9. The normalized spacial score (nSPS) is 13.1. The minimum atomic E-state index is -0.305. The number of nitrogens with one attached hydrogen (secondary N) is 2. The van der Waals surface area contributed by atoms with Crippen LogP contribution in [0.15, 0.2) is 72.8 Å². The van der Waals surface area contributed by atoms with Gasteiger partial charge in [0.25, 0.3) is 5.91 Å². The third kappa shape index (κ3) is 4.93. The van der Waals surface area contributed by atoms with E-state index in [4.69, 9.17) is 4.74 Å². The Morgan fingerprint density at radius 3 is 2.36 bits per heavy atom. The standard InChI is InChI=1S/C26H23N3O4/c1-17(30)27-20-11-9-19(10-12-20)22(15-18-7-13-21(33-2)14-8-18)26(32)29-16-25(31)28-23-5-3-4-6-24(23)29/h3-15H,16H2,1-2H3,(H,27,30)(H,28,31)/b22-15+. The van der Waals surface area contributed by atoms with Crippen LogP contribution in [-0.2, 0) is 14.4 Å². The van der Waals surface area contributed by atoms with E-state index >= 15 is 0 Å². The number of hydrogen-bond donors (Lipinski definition) is 2. The van der Waals surface area contributed by atoms with Crippen molar-refractivity contribution in [2.45, 2.75) is 6.92 Å². The Kier molecular flexibility index (Phi) is 6.22. The Morgan fingerprint density at radius 2 is 1.70 bits per heavy atom. The average Bonchev–Trinajstić information content (AvgIpc) is 2.82. The first-order valence-corrected chi connectivity index (χ1v) is 10.4. The summed E-state index contributed by atoms with van der Waals surface area (Å²) in [6, 6.07) is 21.6. The van der Waals surface area contributed by atoms with Gasteiger partial charge in [-0.15, -0.1) is 0 Å². The molecule has 33 heavy (non-hydrogen) atoms. The molecule has 0 bridgehead atoms. The van der Waals surface area contributed by atoms with E-state index in [1.54, 1.807) is 49.6 Å². The highest BCUT2D eigenvalue weighted by atomic mass is 16.5. The maximum atomic E-state index is 13.8. The number of nitrogens with zero attached hydrogens (tertiary/aromatic N) is 1.